The van der Waals surface area contributed by atoms with Crippen molar-refractivity contribution < 1.29 is 9.90 Å². The van der Waals surface area contributed by atoms with Gasteiger partial charge in [0.1, 0.15) is 0 Å². The SMILES string of the molecule is CC(C)Cc1ccc(C(C)C(=O)O)cc1.CC(C)Cc1ccccc1. The van der Waals surface area contributed by atoms with Gasteiger partial charge in [-0.2, -0.15) is 0 Å². The molecule has 0 spiro atoms. The molecule has 0 aliphatic rings. The highest BCUT2D eigenvalue weighted by Gasteiger charge is 2.12. The van der Waals surface area contributed by atoms with Gasteiger partial charge in [-0.25, -0.2) is 0 Å². The quantitative estimate of drug-likeness (QED) is 0.704. The molecule has 1 unspecified atom stereocenters. The van der Waals surface area contributed by atoms with E-state index >= 15 is 0 Å². The van der Waals surface area contributed by atoms with E-state index in [0.717, 1.165) is 17.9 Å². The predicted octanol–water partition coefficient (Wildman–Crippen LogP) is 5.96. The van der Waals surface area contributed by atoms with Gasteiger partial charge in [0.15, 0.2) is 0 Å². The first-order valence-corrected chi connectivity index (χ1v) is 9.15. The third kappa shape index (κ3) is 8.53. The van der Waals surface area contributed by atoms with Crippen LogP contribution in [-0.2, 0) is 17.6 Å². The van der Waals surface area contributed by atoms with Crippen molar-refractivity contribution in [1.82, 2.24) is 0 Å². The number of aliphatic carboxylic acids is 1. The number of carbonyl (C=O) groups is 1. The van der Waals surface area contributed by atoms with E-state index in [1.165, 1.54) is 17.5 Å². The molecule has 25 heavy (non-hydrogen) atoms. The maximum absolute atomic E-state index is 10.8. The van der Waals surface area contributed by atoms with E-state index in [-0.39, 0.29) is 0 Å². The third-order valence-corrected chi connectivity index (χ3v) is 3.98. The maximum atomic E-state index is 10.8. The molecule has 136 valence electrons. The van der Waals surface area contributed by atoms with Crippen LogP contribution in [-0.4, -0.2) is 11.1 Å². The van der Waals surface area contributed by atoms with E-state index in [0.29, 0.717) is 5.92 Å². The van der Waals surface area contributed by atoms with E-state index < -0.39 is 11.9 Å². The molecule has 0 saturated heterocycles. The number of carboxylic acids is 1. The minimum Gasteiger partial charge on any atom is -0.481 e. The van der Waals surface area contributed by atoms with Crippen LogP contribution < -0.4 is 0 Å². The molecule has 0 amide bonds. The minimum absolute atomic E-state index is 0.418. The maximum Gasteiger partial charge on any atom is 0.310 e. The first-order valence-electron chi connectivity index (χ1n) is 9.15. The Morgan fingerprint density at radius 3 is 1.60 bits per heavy atom. The van der Waals surface area contributed by atoms with Gasteiger partial charge < -0.3 is 5.11 Å². The average molecular weight is 341 g/mol. The predicted molar refractivity (Wildman–Crippen MR) is 106 cm³/mol. The van der Waals surface area contributed by atoms with Crippen LogP contribution in [0.4, 0.5) is 0 Å². The zero-order valence-electron chi connectivity index (χ0n) is 16.2. The summed E-state index contributed by atoms with van der Waals surface area (Å²) in [6, 6.07) is 18.5. The summed E-state index contributed by atoms with van der Waals surface area (Å²) in [7, 11) is 0. The molecule has 1 atom stereocenters. The smallest absolute Gasteiger partial charge is 0.310 e. The Hall–Kier alpha value is -2.09. The normalized spacial score (nSPS) is 11.8. The summed E-state index contributed by atoms with van der Waals surface area (Å²) in [5.41, 5.74) is 3.58. The Morgan fingerprint density at radius 1 is 0.760 bits per heavy atom. The Bertz CT molecular complexity index is 612. The first-order chi connectivity index (χ1) is 11.8. The Morgan fingerprint density at radius 2 is 1.20 bits per heavy atom. The van der Waals surface area contributed by atoms with E-state index in [9.17, 15) is 4.79 Å². The van der Waals surface area contributed by atoms with Crippen LogP contribution in [0.2, 0.25) is 0 Å². The van der Waals surface area contributed by atoms with Crippen molar-refractivity contribution in [2.45, 2.75) is 53.4 Å². The van der Waals surface area contributed by atoms with Crippen LogP contribution in [0, 0.1) is 11.8 Å². The topological polar surface area (TPSA) is 37.3 Å². The highest BCUT2D eigenvalue weighted by molar-refractivity contribution is 5.75. The first kappa shape index (κ1) is 21.0. The molecule has 0 aliphatic heterocycles. The molecule has 2 nitrogen and oxygen atoms in total. The summed E-state index contributed by atoms with van der Waals surface area (Å²) in [5.74, 6) is 0.208. The van der Waals surface area contributed by atoms with Gasteiger partial charge in [0.25, 0.3) is 0 Å². The molecule has 2 rings (SSSR count). The summed E-state index contributed by atoms with van der Waals surface area (Å²) in [4.78, 5) is 10.8. The molecule has 0 saturated carbocycles. The summed E-state index contributed by atoms with van der Waals surface area (Å²) in [6.45, 7) is 10.5. The fourth-order valence-electron chi connectivity index (χ4n) is 2.64. The Kier molecular flexibility index (Phi) is 8.98. The van der Waals surface area contributed by atoms with E-state index in [1.807, 2.05) is 24.3 Å². The number of carboxylic acid groups (broad SMARTS) is 1. The standard InChI is InChI=1S/C13H18O2.C10H14/c1-9(2)8-11-4-6-12(7-5-11)10(3)13(14)15;1-9(2)8-10-6-4-3-5-7-10/h4-7,9-10H,8H2,1-3H3,(H,14,15);3-7,9H,8H2,1-2H3. The second-order valence-corrected chi connectivity index (χ2v) is 7.48. The van der Waals surface area contributed by atoms with E-state index in [4.69, 9.17) is 5.11 Å². The third-order valence-electron chi connectivity index (χ3n) is 3.98. The zero-order chi connectivity index (χ0) is 18.8. The number of benzene rings is 2. The second kappa shape index (κ2) is 10.7. The van der Waals surface area contributed by atoms with Crippen molar-refractivity contribution in [3.63, 3.8) is 0 Å². The molecule has 0 fully saturated rings. The van der Waals surface area contributed by atoms with Gasteiger partial charge in [0, 0.05) is 0 Å². The van der Waals surface area contributed by atoms with Gasteiger partial charge >= 0.3 is 5.97 Å². The fourth-order valence-corrected chi connectivity index (χ4v) is 2.64. The van der Waals surface area contributed by atoms with Crippen molar-refractivity contribution in [2.24, 2.45) is 11.8 Å². The van der Waals surface area contributed by atoms with Crippen LogP contribution in [0.3, 0.4) is 0 Å². The molecule has 1 N–H and O–H groups in total. The molecular formula is C23H32O2. The monoisotopic (exact) mass is 340 g/mol. The Labute approximate surface area is 152 Å². The molecule has 0 aromatic heterocycles. The summed E-state index contributed by atoms with van der Waals surface area (Å²) in [5, 5.41) is 8.85. The number of rotatable bonds is 6. The summed E-state index contributed by atoms with van der Waals surface area (Å²) >= 11 is 0. The van der Waals surface area contributed by atoms with Crippen molar-refractivity contribution in [3.8, 4) is 0 Å². The van der Waals surface area contributed by atoms with Crippen molar-refractivity contribution >= 4 is 5.97 Å². The van der Waals surface area contributed by atoms with Crippen molar-refractivity contribution in [2.75, 3.05) is 0 Å². The van der Waals surface area contributed by atoms with E-state index in [2.05, 4.69) is 58.0 Å². The van der Waals surface area contributed by atoms with Crippen LogP contribution in [0.1, 0.15) is 57.2 Å². The highest BCUT2D eigenvalue weighted by atomic mass is 16.4. The van der Waals surface area contributed by atoms with Crippen LogP contribution in [0.25, 0.3) is 0 Å². The van der Waals surface area contributed by atoms with Gasteiger partial charge in [-0.1, -0.05) is 82.3 Å². The molecule has 0 heterocycles. The molecular weight excluding hydrogens is 308 g/mol. The van der Waals surface area contributed by atoms with E-state index in [1.54, 1.807) is 6.92 Å². The minimum atomic E-state index is -0.772. The molecule has 2 aromatic carbocycles. The Balaban J connectivity index is 0.000000271. The van der Waals surface area contributed by atoms with Crippen LogP contribution in [0.5, 0.6) is 0 Å². The summed E-state index contributed by atoms with van der Waals surface area (Å²) in [6.07, 6.45) is 2.24. The lowest BCUT2D eigenvalue weighted by Gasteiger charge is -2.09. The lowest BCUT2D eigenvalue weighted by atomic mass is 9.97. The lowest BCUT2D eigenvalue weighted by Crippen LogP contribution is -2.07. The fraction of sp³-hybridized carbons (Fsp3) is 0.435. The van der Waals surface area contributed by atoms with Gasteiger partial charge in [-0.05, 0) is 48.3 Å². The van der Waals surface area contributed by atoms with Crippen LogP contribution in [0.15, 0.2) is 54.6 Å². The van der Waals surface area contributed by atoms with Crippen LogP contribution >= 0.6 is 0 Å². The molecule has 0 radical (unpaired) electrons. The van der Waals surface area contributed by atoms with Gasteiger partial charge in [-0.15, -0.1) is 0 Å². The summed E-state index contributed by atoms with van der Waals surface area (Å²) < 4.78 is 0. The van der Waals surface area contributed by atoms with Gasteiger partial charge in [0.05, 0.1) is 5.92 Å². The number of hydrogen-bond acceptors (Lipinski definition) is 1. The molecule has 0 bridgehead atoms. The van der Waals surface area contributed by atoms with Gasteiger partial charge in [0.2, 0.25) is 0 Å². The van der Waals surface area contributed by atoms with Crippen molar-refractivity contribution in [1.29, 1.82) is 0 Å². The second-order valence-electron chi connectivity index (χ2n) is 7.48. The highest BCUT2D eigenvalue weighted by Crippen LogP contribution is 2.17. The zero-order valence-corrected chi connectivity index (χ0v) is 16.2. The lowest BCUT2D eigenvalue weighted by molar-refractivity contribution is -0.138. The number of hydrogen-bond donors (Lipinski definition) is 1. The molecule has 2 heteroatoms. The largest absolute Gasteiger partial charge is 0.481 e. The molecule has 0 aliphatic carbocycles. The van der Waals surface area contributed by atoms with Crippen molar-refractivity contribution in [3.05, 3.63) is 71.3 Å². The average Bonchev–Trinajstić information content (AvgIpc) is 2.55. The molecule has 2 aromatic rings. The van der Waals surface area contributed by atoms with Gasteiger partial charge in [-0.3, -0.25) is 4.79 Å².